The first-order valence-electron chi connectivity index (χ1n) is 13.0. The predicted molar refractivity (Wildman–Crippen MR) is 137 cm³/mol. The summed E-state index contributed by atoms with van der Waals surface area (Å²) in [5.41, 5.74) is 3.90. The number of benzene rings is 2. The summed E-state index contributed by atoms with van der Waals surface area (Å²) in [6.07, 6.45) is 0.514. The first-order valence-corrected chi connectivity index (χ1v) is 13.0. The van der Waals surface area contributed by atoms with Gasteiger partial charge in [-0.05, 0) is 55.9 Å². The number of hydrogen-bond donors (Lipinski definition) is 1. The molecule has 8 nitrogen and oxygen atoms in total. The highest BCUT2D eigenvalue weighted by molar-refractivity contribution is 5.79. The second kappa shape index (κ2) is 9.72. The fourth-order valence-electron chi connectivity index (χ4n) is 6.10. The topological polar surface area (TPSA) is 96.4 Å². The summed E-state index contributed by atoms with van der Waals surface area (Å²) in [7, 11) is 0. The molecule has 0 spiro atoms. The molecule has 3 aliphatic rings. The third kappa shape index (κ3) is 4.89. The van der Waals surface area contributed by atoms with E-state index in [1.165, 1.54) is 4.90 Å². The number of carbonyl (C=O) groups excluding carboxylic acids is 2. The molecule has 2 amide bonds. The monoisotopic (exact) mass is 506 g/mol. The number of rotatable bonds is 4. The second-order valence-corrected chi connectivity index (χ2v) is 11.2. The van der Waals surface area contributed by atoms with Gasteiger partial charge in [0.15, 0.2) is 0 Å². The van der Waals surface area contributed by atoms with Crippen molar-refractivity contribution >= 4 is 18.2 Å². The van der Waals surface area contributed by atoms with Crippen molar-refractivity contribution in [2.45, 2.75) is 51.2 Å². The number of fused-ring (bicyclic) bond motifs is 3. The molecule has 2 aromatic carbocycles. The predicted octanol–water partition coefficient (Wildman–Crippen LogP) is 4.97. The molecule has 2 saturated heterocycles. The van der Waals surface area contributed by atoms with Crippen LogP contribution in [0.1, 0.15) is 50.7 Å². The van der Waals surface area contributed by atoms with Gasteiger partial charge >= 0.3 is 18.2 Å². The van der Waals surface area contributed by atoms with E-state index in [1.807, 2.05) is 45.0 Å². The largest absolute Gasteiger partial charge is 0.481 e. The Balaban J connectivity index is 1.28. The normalized spacial score (nSPS) is 23.1. The van der Waals surface area contributed by atoms with Crippen molar-refractivity contribution in [2.24, 2.45) is 11.8 Å². The van der Waals surface area contributed by atoms with E-state index in [4.69, 9.17) is 9.47 Å². The molecule has 1 aliphatic carbocycles. The molecule has 1 N–H and O–H groups in total. The van der Waals surface area contributed by atoms with Crippen LogP contribution in [0.15, 0.2) is 48.5 Å². The van der Waals surface area contributed by atoms with Gasteiger partial charge in [-0.25, -0.2) is 9.59 Å². The van der Waals surface area contributed by atoms with E-state index >= 15 is 0 Å². The van der Waals surface area contributed by atoms with Crippen LogP contribution in [0.4, 0.5) is 9.59 Å². The molecule has 0 saturated carbocycles. The molecule has 2 aromatic rings. The summed E-state index contributed by atoms with van der Waals surface area (Å²) < 4.78 is 11.4. The maximum absolute atomic E-state index is 13.2. The van der Waals surface area contributed by atoms with E-state index in [2.05, 4.69) is 24.3 Å². The smallest absolute Gasteiger partial charge is 0.410 e. The number of aliphatic carboxylic acids is 1. The molecule has 2 fully saturated rings. The summed E-state index contributed by atoms with van der Waals surface area (Å²) in [5, 5.41) is 9.96. The lowest BCUT2D eigenvalue weighted by molar-refractivity contribution is -0.143. The summed E-state index contributed by atoms with van der Waals surface area (Å²) in [5.74, 6) is -2.18. The van der Waals surface area contributed by atoms with E-state index in [-0.39, 0.29) is 37.6 Å². The van der Waals surface area contributed by atoms with Crippen LogP contribution in [0.5, 0.6) is 0 Å². The molecule has 196 valence electrons. The van der Waals surface area contributed by atoms with Crippen LogP contribution in [0.25, 0.3) is 11.1 Å². The molecule has 8 heteroatoms. The highest BCUT2D eigenvalue weighted by atomic mass is 16.6. The number of likely N-dealkylation sites (tertiary alicyclic amines) is 2. The third-order valence-corrected chi connectivity index (χ3v) is 7.70. The van der Waals surface area contributed by atoms with Crippen molar-refractivity contribution in [3.63, 3.8) is 0 Å². The molecule has 0 bridgehead atoms. The summed E-state index contributed by atoms with van der Waals surface area (Å²) >= 11 is 0. The van der Waals surface area contributed by atoms with Crippen LogP contribution >= 0.6 is 0 Å². The van der Waals surface area contributed by atoms with Crippen LogP contribution < -0.4 is 0 Å². The van der Waals surface area contributed by atoms with E-state index < -0.39 is 29.7 Å². The van der Waals surface area contributed by atoms with Gasteiger partial charge in [0.05, 0.1) is 5.92 Å². The Morgan fingerprint density at radius 3 is 2.16 bits per heavy atom. The first kappa shape index (κ1) is 25.1. The van der Waals surface area contributed by atoms with E-state index in [0.29, 0.717) is 13.0 Å². The van der Waals surface area contributed by atoms with Crippen LogP contribution in [0, 0.1) is 11.8 Å². The Labute approximate surface area is 217 Å². The molecular weight excluding hydrogens is 472 g/mol. The van der Waals surface area contributed by atoms with E-state index in [9.17, 15) is 19.5 Å². The number of carboxylic acids is 1. The molecule has 37 heavy (non-hydrogen) atoms. The maximum atomic E-state index is 13.2. The molecule has 0 aromatic heterocycles. The van der Waals surface area contributed by atoms with Crippen molar-refractivity contribution < 1.29 is 29.0 Å². The molecule has 3 unspecified atom stereocenters. The second-order valence-electron chi connectivity index (χ2n) is 11.2. The maximum Gasteiger partial charge on any atom is 0.410 e. The van der Waals surface area contributed by atoms with Crippen molar-refractivity contribution in [1.29, 1.82) is 0 Å². The summed E-state index contributed by atoms with van der Waals surface area (Å²) in [6, 6.07) is 16.0. The van der Waals surface area contributed by atoms with Gasteiger partial charge in [-0.15, -0.1) is 0 Å². The van der Waals surface area contributed by atoms with Gasteiger partial charge in [-0.2, -0.15) is 0 Å². The van der Waals surface area contributed by atoms with Gasteiger partial charge in [0, 0.05) is 37.5 Å². The Morgan fingerprint density at radius 1 is 0.946 bits per heavy atom. The van der Waals surface area contributed by atoms with Crippen LogP contribution in [-0.2, 0) is 14.3 Å². The van der Waals surface area contributed by atoms with Crippen LogP contribution in [0.3, 0.4) is 0 Å². The molecule has 0 radical (unpaired) electrons. The van der Waals surface area contributed by atoms with Gasteiger partial charge in [0.2, 0.25) is 0 Å². The third-order valence-electron chi connectivity index (χ3n) is 7.70. The molecule has 3 atom stereocenters. The average Bonchev–Trinajstić information content (AvgIpc) is 3.57. The fourth-order valence-corrected chi connectivity index (χ4v) is 6.10. The number of amides is 2. The zero-order chi connectivity index (χ0) is 26.3. The van der Waals surface area contributed by atoms with Gasteiger partial charge in [0.25, 0.3) is 0 Å². The lowest BCUT2D eigenvalue weighted by atomic mass is 9.87. The minimum atomic E-state index is -0.963. The highest BCUT2D eigenvalue weighted by Crippen LogP contribution is 2.44. The van der Waals surface area contributed by atoms with Crippen LogP contribution in [-0.4, -0.2) is 70.9 Å². The quantitative estimate of drug-likeness (QED) is 0.629. The molecule has 2 heterocycles. The lowest BCUT2D eigenvalue weighted by Crippen LogP contribution is -2.46. The van der Waals surface area contributed by atoms with Gasteiger partial charge in [-0.1, -0.05) is 48.5 Å². The average molecular weight is 507 g/mol. The van der Waals surface area contributed by atoms with Crippen molar-refractivity contribution in [3.05, 3.63) is 59.7 Å². The number of ether oxygens (including phenoxy) is 2. The number of carboxylic acid groups (broad SMARTS) is 1. The van der Waals surface area contributed by atoms with Crippen molar-refractivity contribution in [1.82, 2.24) is 9.80 Å². The van der Waals surface area contributed by atoms with Crippen LogP contribution in [0.2, 0.25) is 0 Å². The lowest BCUT2D eigenvalue weighted by Gasteiger charge is -2.32. The summed E-state index contributed by atoms with van der Waals surface area (Å²) in [6.45, 7) is 6.43. The number of hydrogen-bond acceptors (Lipinski definition) is 5. The van der Waals surface area contributed by atoms with Crippen molar-refractivity contribution in [3.8, 4) is 11.1 Å². The molecule has 5 rings (SSSR count). The minimum absolute atomic E-state index is 0.0648. The fraction of sp³-hybridized carbons (Fsp3) is 0.483. The van der Waals surface area contributed by atoms with Gasteiger partial charge in [-0.3, -0.25) is 4.79 Å². The zero-order valence-electron chi connectivity index (χ0n) is 21.6. The molecule has 2 aliphatic heterocycles. The number of nitrogens with zero attached hydrogens (tertiary/aromatic N) is 2. The van der Waals surface area contributed by atoms with Gasteiger partial charge < -0.3 is 24.4 Å². The molecular formula is C29H34N2O6. The Hall–Kier alpha value is -3.55. The first-order chi connectivity index (χ1) is 17.6. The summed E-state index contributed by atoms with van der Waals surface area (Å²) in [4.78, 5) is 41.3. The van der Waals surface area contributed by atoms with Crippen molar-refractivity contribution in [2.75, 3.05) is 26.2 Å². The Bertz CT molecular complexity index is 1160. The highest BCUT2D eigenvalue weighted by Gasteiger charge is 2.48. The zero-order valence-corrected chi connectivity index (χ0v) is 21.6. The standard InChI is InChI=1S/C29H34N2O6/c1-29(2,3)37-28(35)31-14-8-13-25(31)22-15-30(16-23(22)26(32)33)27(34)36-17-24-20-11-6-4-9-18(20)19-10-5-7-12-21(19)24/h4-7,9-12,22-25H,8,13-17H2,1-3H3,(H,32,33). The Morgan fingerprint density at radius 2 is 1.57 bits per heavy atom. The van der Waals surface area contributed by atoms with Gasteiger partial charge in [0.1, 0.15) is 12.2 Å². The number of carbonyl (C=O) groups is 3. The SMILES string of the molecule is CC(C)(C)OC(=O)N1CCCC1C1CN(C(=O)OCC2c3ccccc3-c3ccccc32)CC1C(=O)O. The Kier molecular flexibility index (Phi) is 6.60. The van der Waals surface area contributed by atoms with E-state index in [1.54, 1.807) is 4.90 Å². The van der Waals surface area contributed by atoms with E-state index in [0.717, 1.165) is 28.7 Å². The minimum Gasteiger partial charge on any atom is -0.481 e.